The highest BCUT2D eigenvalue weighted by atomic mass is 19.4. The third-order valence-electron chi connectivity index (χ3n) is 2.36. The number of amides is 1. The predicted octanol–water partition coefficient (Wildman–Crippen LogP) is 1.30. The zero-order chi connectivity index (χ0) is 16.4. The van der Waals surface area contributed by atoms with E-state index in [1.807, 2.05) is 0 Å². The molecule has 0 aromatic carbocycles. The number of alkyl halides is 3. The standard InChI is InChI=1S/C13H17F3N2O4/c1-20-5-6-21-8-11(19)18-7-10-3-2-4-17-12(10)22-9-13(14,15)16/h2-4H,5-9H2,1H3,(H,18,19). The summed E-state index contributed by atoms with van der Waals surface area (Å²) >= 11 is 0. The summed E-state index contributed by atoms with van der Waals surface area (Å²) in [6, 6.07) is 3.06. The van der Waals surface area contributed by atoms with Crippen LogP contribution >= 0.6 is 0 Å². The summed E-state index contributed by atoms with van der Waals surface area (Å²) in [5.74, 6) is -0.567. The van der Waals surface area contributed by atoms with E-state index in [-0.39, 0.29) is 25.6 Å². The Balaban J connectivity index is 2.43. The lowest BCUT2D eigenvalue weighted by Gasteiger charge is -2.12. The maximum Gasteiger partial charge on any atom is 0.422 e. The van der Waals surface area contributed by atoms with Gasteiger partial charge in [0.05, 0.1) is 13.2 Å². The Hall–Kier alpha value is -1.87. The molecule has 0 radical (unpaired) electrons. The van der Waals surface area contributed by atoms with Gasteiger partial charge in [0.25, 0.3) is 0 Å². The first kappa shape index (κ1) is 18.2. The molecule has 0 fully saturated rings. The SMILES string of the molecule is COCCOCC(=O)NCc1cccnc1OCC(F)(F)F. The minimum Gasteiger partial charge on any atom is -0.468 e. The molecular formula is C13H17F3N2O4. The highest BCUT2D eigenvalue weighted by molar-refractivity contribution is 5.77. The summed E-state index contributed by atoms with van der Waals surface area (Å²) in [6.45, 7) is -0.969. The van der Waals surface area contributed by atoms with Crippen LogP contribution in [0.4, 0.5) is 13.2 Å². The smallest absolute Gasteiger partial charge is 0.422 e. The molecule has 0 aliphatic carbocycles. The fourth-order valence-corrected chi connectivity index (χ4v) is 1.39. The molecule has 6 nitrogen and oxygen atoms in total. The van der Waals surface area contributed by atoms with Crippen molar-refractivity contribution in [3.63, 3.8) is 0 Å². The molecule has 0 atom stereocenters. The van der Waals surface area contributed by atoms with Crippen molar-refractivity contribution in [2.24, 2.45) is 0 Å². The second-order valence-electron chi connectivity index (χ2n) is 4.19. The van der Waals surface area contributed by atoms with Crippen LogP contribution < -0.4 is 10.1 Å². The molecule has 0 spiro atoms. The Morgan fingerprint density at radius 2 is 2.14 bits per heavy atom. The van der Waals surface area contributed by atoms with Crippen LogP contribution in [0.5, 0.6) is 5.88 Å². The fraction of sp³-hybridized carbons (Fsp3) is 0.538. The number of rotatable bonds is 9. The molecule has 1 amide bonds. The third-order valence-corrected chi connectivity index (χ3v) is 2.36. The molecule has 1 aromatic heterocycles. The molecule has 1 aromatic rings. The Bertz CT molecular complexity index is 469. The number of hydrogen-bond donors (Lipinski definition) is 1. The van der Waals surface area contributed by atoms with E-state index in [2.05, 4.69) is 15.0 Å². The van der Waals surface area contributed by atoms with Gasteiger partial charge in [-0.1, -0.05) is 6.07 Å². The van der Waals surface area contributed by atoms with Gasteiger partial charge in [0.15, 0.2) is 6.61 Å². The number of nitrogens with zero attached hydrogens (tertiary/aromatic N) is 1. The van der Waals surface area contributed by atoms with Gasteiger partial charge in [-0.3, -0.25) is 4.79 Å². The van der Waals surface area contributed by atoms with Crippen LogP contribution in [0.2, 0.25) is 0 Å². The number of aromatic nitrogens is 1. The average molecular weight is 322 g/mol. The number of methoxy groups -OCH3 is 1. The molecule has 22 heavy (non-hydrogen) atoms. The maximum atomic E-state index is 12.1. The Labute approximate surface area is 125 Å². The first-order valence-electron chi connectivity index (χ1n) is 6.39. The van der Waals surface area contributed by atoms with Gasteiger partial charge < -0.3 is 19.5 Å². The van der Waals surface area contributed by atoms with Gasteiger partial charge in [0, 0.05) is 25.4 Å². The van der Waals surface area contributed by atoms with Crippen molar-refractivity contribution in [1.29, 1.82) is 0 Å². The predicted molar refractivity (Wildman–Crippen MR) is 70.3 cm³/mol. The molecule has 0 saturated heterocycles. The number of nitrogens with one attached hydrogen (secondary N) is 1. The maximum absolute atomic E-state index is 12.1. The van der Waals surface area contributed by atoms with Gasteiger partial charge in [0.2, 0.25) is 11.8 Å². The van der Waals surface area contributed by atoms with E-state index >= 15 is 0 Å². The second-order valence-corrected chi connectivity index (χ2v) is 4.19. The van der Waals surface area contributed by atoms with Gasteiger partial charge in [-0.2, -0.15) is 13.2 Å². The summed E-state index contributed by atoms with van der Waals surface area (Å²) in [4.78, 5) is 15.2. The van der Waals surface area contributed by atoms with E-state index < -0.39 is 18.7 Å². The number of hydrogen-bond acceptors (Lipinski definition) is 5. The van der Waals surface area contributed by atoms with Gasteiger partial charge in [-0.15, -0.1) is 0 Å². The quantitative estimate of drug-likeness (QED) is 0.694. The zero-order valence-electron chi connectivity index (χ0n) is 12.0. The van der Waals surface area contributed by atoms with Crippen LogP contribution in [0.25, 0.3) is 0 Å². The minimum atomic E-state index is -4.45. The number of pyridine rings is 1. The Morgan fingerprint density at radius 1 is 1.36 bits per heavy atom. The number of carbonyl (C=O) groups is 1. The van der Waals surface area contributed by atoms with Crippen molar-refractivity contribution in [3.8, 4) is 5.88 Å². The van der Waals surface area contributed by atoms with Gasteiger partial charge in [0.1, 0.15) is 6.61 Å². The summed E-state index contributed by atoms with van der Waals surface area (Å²) in [5.41, 5.74) is 0.344. The summed E-state index contributed by atoms with van der Waals surface area (Å²) in [7, 11) is 1.51. The van der Waals surface area contributed by atoms with Crippen molar-refractivity contribution >= 4 is 5.91 Å². The Kier molecular flexibility index (Phi) is 7.61. The third kappa shape index (κ3) is 7.79. The van der Waals surface area contributed by atoms with Crippen LogP contribution in [0, 0.1) is 0 Å². The summed E-state index contributed by atoms with van der Waals surface area (Å²) in [5, 5.41) is 2.51. The summed E-state index contributed by atoms with van der Waals surface area (Å²) < 4.78 is 50.8. The largest absolute Gasteiger partial charge is 0.468 e. The summed E-state index contributed by atoms with van der Waals surface area (Å²) in [6.07, 6.45) is -3.14. The van der Waals surface area contributed by atoms with E-state index in [0.29, 0.717) is 12.2 Å². The first-order chi connectivity index (χ1) is 10.4. The lowest BCUT2D eigenvalue weighted by molar-refractivity contribution is -0.154. The first-order valence-corrected chi connectivity index (χ1v) is 6.39. The normalized spacial score (nSPS) is 11.3. The molecule has 1 heterocycles. The van der Waals surface area contributed by atoms with Gasteiger partial charge in [-0.05, 0) is 6.07 Å². The molecular weight excluding hydrogens is 305 g/mol. The lowest BCUT2D eigenvalue weighted by atomic mass is 10.2. The van der Waals surface area contributed by atoms with Crippen LogP contribution in [-0.2, 0) is 20.8 Å². The number of halogens is 3. The Morgan fingerprint density at radius 3 is 2.82 bits per heavy atom. The van der Waals surface area contributed by atoms with Crippen LogP contribution in [-0.4, -0.2) is 50.6 Å². The van der Waals surface area contributed by atoms with Crippen molar-refractivity contribution in [2.75, 3.05) is 33.5 Å². The monoisotopic (exact) mass is 322 g/mol. The van der Waals surface area contributed by atoms with Gasteiger partial charge in [-0.25, -0.2) is 4.98 Å². The molecule has 124 valence electrons. The highest BCUT2D eigenvalue weighted by Crippen LogP contribution is 2.19. The van der Waals surface area contributed by atoms with Crippen molar-refractivity contribution in [3.05, 3.63) is 23.9 Å². The number of ether oxygens (including phenoxy) is 3. The van der Waals surface area contributed by atoms with Crippen LogP contribution in [0.1, 0.15) is 5.56 Å². The van der Waals surface area contributed by atoms with E-state index in [4.69, 9.17) is 9.47 Å². The molecule has 0 aliphatic heterocycles. The molecule has 1 rings (SSSR count). The topological polar surface area (TPSA) is 69.7 Å². The molecule has 1 N–H and O–H groups in total. The van der Waals surface area contributed by atoms with Crippen molar-refractivity contribution < 1.29 is 32.2 Å². The molecule has 9 heteroatoms. The minimum absolute atomic E-state index is 0.00645. The van der Waals surface area contributed by atoms with Crippen LogP contribution in [0.3, 0.4) is 0 Å². The van der Waals surface area contributed by atoms with E-state index in [1.54, 1.807) is 0 Å². The molecule has 0 aliphatic rings. The zero-order valence-corrected chi connectivity index (χ0v) is 12.0. The van der Waals surface area contributed by atoms with E-state index in [0.717, 1.165) is 0 Å². The molecule has 0 unspecified atom stereocenters. The second kappa shape index (κ2) is 9.21. The van der Waals surface area contributed by atoms with Crippen molar-refractivity contribution in [1.82, 2.24) is 10.3 Å². The number of carbonyl (C=O) groups excluding carboxylic acids is 1. The molecule has 0 bridgehead atoms. The van der Waals surface area contributed by atoms with Gasteiger partial charge >= 0.3 is 6.18 Å². The fourth-order valence-electron chi connectivity index (χ4n) is 1.39. The van der Waals surface area contributed by atoms with E-state index in [9.17, 15) is 18.0 Å². The van der Waals surface area contributed by atoms with Crippen LogP contribution in [0.15, 0.2) is 18.3 Å². The average Bonchev–Trinajstić information content (AvgIpc) is 2.47. The van der Waals surface area contributed by atoms with E-state index in [1.165, 1.54) is 25.4 Å². The lowest BCUT2D eigenvalue weighted by Crippen LogP contribution is -2.28. The molecule has 0 saturated carbocycles. The highest BCUT2D eigenvalue weighted by Gasteiger charge is 2.29. The van der Waals surface area contributed by atoms with Crippen molar-refractivity contribution in [2.45, 2.75) is 12.7 Å².